The fourth-order valence-electron chi connectivity index (χ4n) is 2.47. The summed E-state index contributed by atoms with van der Waals surface area (Å²) in [5, 5.41) is 0. The molecule has 0 aromatic heterocycles. The Morgan fingerprint density at radius 3 is 2.10 bits per heavy atom. The summed E-state index contributed by atoms with van der Waals surface area (Å²) in [7, 11) is 0. The van der Waals surface area contributed by atoms with Crippen LogP contribution in [0.1, 0.15) is 31.9 Å². The van der Waals surface area contributed by atoms with E-state index in [1.54, 1.807) is 0 Å². The van der Waals surface area contributed by atoms with Crippen molar-refractivity contribution < 1.29 is 14.4 Å². The van der Waals surface area contributed by atoms with Crippen molar-refractivity contribution in [3.8, 4) is 0 Å². The number of benzene rings is 1. The molecule has 0 atom stereocenters. The van der Waals surface area contributed by atoms with Crippen molar-refractivity contribution in [2.75, 3.05) is 11.4 Å². The lowest BCUT2D eigenvalue weighted by molar-refractivity contribution is -0.128. The molecule has 2 rings (SSSR count). The summed E-state index contributed by atoms with van der Waals surface area (Å²) >= 11 is 0. The number of imide groups is 2. The standard InChI is InChI=1S/C15H18N2O3/c1-4-11-7-6-8-12(5-2)14(11)17-13(19)9-16(10(3)18)15(17)20/h6-8H,4-5,9H2,1-3H3. The first-order chi connectivity index (χ1) is 9.51. The molecule has 1 aromatic rings. The van der Waals surface area contributed by atoms with E-state index in [0.717, 1.165) is 33.8 Å². The van der Waals surface area contributed by atoms with Crippen molar-refractivity contribution in [3.05, 3.63) is 29.3 Å². The van der Waals surface area contributed by atoms with Gasteiger partial charge in [-0.05, 0) is 24.0 Å². The maximum Gasteiger partial charge on any atom is 0.338 e. The van der Waals surface area contributed by atoms with Crippen LogP contribution in [0, 0.1) is 0 Å². The number of carbonyl (C=O) groups is 3. The molecule has 1 aromatic carbocycles. The smallest absolute Gasteiger partial charge is 0.275 e. The highest BCUT2D eigenvalue weighted by molar-refractivity contribution is 6.24. The molecule has 0 unspecified atom stereocenters. The van der Waals surface area contributed by atoms with Crippen LogP contribution in [0.4, 0.5) is 10.5 Å². The highest BCUT2D eigenvalue weighted by Gasteiger charge is 2.40. The average Bonchev–Trinajstić information content (AvgIpc) is 2.73. The summed E-state index contributed by atoms with van der Waals surface area (Å²) in [6.07, 6.45) is 1.45. The minimum Gasteiger partial charge on any atom is -0.275 e. The molecule has 1 heterocycles. The number of carbonyl (C=O) groups excluding carboxylic acids is 3. The van der Waals surface area contributed by atoms with Crippen molar-refractivity contribution in [2.24, 2.45) is 0 Å². The number of rotatable bonds is 3. The predicted octanol–water partition coefficient (Wildman–Crippen LogP) is 2.13. The molecule has 1 aliphatic rings. The van der Waals surface area contributed by atoms with Gasteiger partial charge in [0.05, 0.1) is 5.69 Å². The maximum absolute atomic E-state index is 12.3. The molecule has 106 valence electrons. The maximum atomic E-state index is 12.3. The highest BCUT2D eigenvalue weighted by Crippen LogP contribution is 2.30. The average molecular weight is 274 g/mol. The molecule has 20 heavy (non-hydrogen) atoms. The van der Waals surface area contributed by atoms with Crippen LogP contribution < -0.4 is 4.90 Å². The number of urea groups is 1. The first-order valence-electron chi connectivity index (χ1n) is 6.77. The number of hydrogen-bond donors (Lipinski definition) is 0. The Hall–Kier alpha value is -2.17. The molecular formula is C15H18N2O3. The molecular weight excluding hydrogens is 256 g/mol. The van der Waals surface area contributed by atoms with Crippen LogP contribution in [0.15, 0.2) is 18.2 Å². The molecule has 0 aliphatic carbocycles. The third-order valence-corrected chi connectivity index (χ3v) is 3.53. The van der Waals surface area contributed by atoms with Gasteiger partial charge in [-0.3, -0.25) is 14.5 Å². The predicted molar refractivity (Wildman–Crippen MR) is 75.5 cm³/mol. The summed E-state index contributed by atoms with van der Waals surface area (Å²) in [5.74, 6) is -0.751. The van der Waals surface area contributed by atoms with E-state index in [0.29, 0.717) is 5.69 Å². The monoisotopic (exact) mass is 274 g/mol. The Balaban J connectivity index is 2.54. The van der Waals surface area contributed by atoms with Crippen molar-refractivity contribution in [1.82, 2.24) is 4.90 Å². The zero-order chi connectivity index (χ0) is 14.9. The van der Waals surface area contributed by atoms with Gasteiger partial charge in [0.1, 0.15) is 6.54 Å². The van der Waals surface area contributed by atoms with E-state index >= 15 is 0 Å². The lowest BCUT2D eigenvalue weighted by Crippen LogP contribution is -2.36. The van der Waals surface area contributed by atoms with Gasteiger partial charge < -0.3 is 0 Å². The number of amides is 4. The molecule has 1 aliphatic heterocycles. The highest BCUT2D eigenvalue weighted by atomic mass is 16.2. The van der Waals surface area contributed by atoms with Crippen LogP contribution in [0.3, 0.4) is 0 Å². The van der Waals surface area contributed by atoms with Gasteiger partial charge in [0, 0.05) is 6.92 Å². The molecule has 0 radical (unpaired) electrons. The molecule has 0 saturated carbocycles. The van der Waals surface area contributed by atoms with E-state index in [2.05, 4.69) is 0 Å². The molecule has 1 fully saturated rings. The number of para-hydroxylation sites is 1. The zero-order valence-electron chi connectivity index (χ0n) is 12.0. The number of aryl methyl sites for hydroxylation is 2. The summed E-state index contributed by atoms with van der Waals surface area (Å²) in [4.78, 5) is 38.0. The fraction of sp³-hybridized carbons (Fsp3) is 0.400. The third-order valence-electron chi connectivity index (χ3n) is 3.53. The summed E-state index contributed by atoms with van der Waals surface area (Å²) < 4.78 is 0. The summed E-state index contributed by atoms with van der Waals surface area (Å²) in [6.45, 7) is 5.08. The molecule has 0 bridgehead atoms. The summed E-state index contributed by atoms with van der Waals surface area (Å²) in [6, 6.07) is 5.20. The van der Waals surface area contributed by atoms with Gasteiger partial charge >= 0.3 is 6.03 Å². The second-order valence-corrected chi connectivity index (χ2v) is 4.75. The Morgan fingerprint density at radius 2 is 1.70 bits per heavy atom. The first kappa shape index (κ1) is 14.2. The summed E-state index contributed by atoms with van der Waals surface area (Å²) in [5.41, 5.74) is 2.53. The van der Waals surface area contributed by atoms with Gasteiger partial charge in [0.15, 0.2) is 0 Å². The molecule has 5 heteroatoms. The van der Waals surface area contributed by atoms with Gasteiger partial charge in [-0.15, -0.1) is 0 Å². The van der Waals surface area contributed by atoms with Crippen LogP contribution in [-0.2, 0) is 22.4 Å². The van der Waals surface area contributed by atoms with Crippen LogP contribution >= 0.6 is 0 Å². The Morgan fingerprint density at radius 1 is 1.15 bits per heavy atom. The molecule has 5 nitrogen and oxygen atoms in total. The molecule has 0 spiro atoms. The Kier molecular flexibility index (Phi) is 3.88. The lowest BCUT2D eigenvalue weighted by Gasteiger charge is -2.21. The van der Waals surface area contributed by atoms with E-state index in [4.69, 9.17) is 0 Å². The topological polar surface area (TPSA) is 57.7 Å². The van der Waals surface area contributed by atoms with Gasteiger partial charge in [0.25, 0.3) is 5.91 Å². The van der Waals surface area contributed by atoms with Crippen molar-refractivity contribution >= 4 is 23.5 Å². The third kappa shape index (κ3) is 2.19. The van der Waals surface area contributed by atoms with Crippen molar-refractivity contribution in [3.63, 3.8) is 0 Å². The Labute approximate surface area is 118 Å². The van der Waals surface area contributed by atoms with Gasteiger partial charge in [-0.2, -0.15) is 0 Å². The van der Waals surface area contributed by atoms with Gasteiger partial charge in [-0.1, -0.05) is 32.0 Å². The molecule has 4 amide bonds. The van der Waals surface area contributed by atoms with Crippen LogP contribution in [0.5, 0.6) is 0 Å². The molecule has 1 saturated heterocycles. The van der Waals surface area contributed by atoms with E-state index in [1.807, 2.05) is 32.0 Å². The van der Waals surface area contributed by atoms with E-state index in [1.165, 1.54) is 6.92 Å². The van der Waals surface area contributed by atoms with E-state index in [-0.39, 0.29) is 12.5 Å². The zero-order valence-corrected chi connectivity index (χ0v) is 12.0. The van der Waals surface area contributed by atoms with Gasteiger partial charge in [0.2, 0.25) is 5.91 Å². The second-order valence-electron chi connectivity index (χ2n) is 4.75. The number of nitrogens with zero attached hydrogens (tertiary/aromatic N) is 2. The van der Waals surface area contributed by atoms with Gasteiger partial charge in [-0.25, -0.2) is 9.69 Å². The van der Waals surface area contributed by atoms with Crippen LogP contribution in [-0.4, -0.2) is 29.3 Å². The van der Waals surface area contributed by atoms with Crippen molar-refractivity contribution in [2.45, 2.75) is 33.6 Å². The molecule has 0 N–H and O–H groups in total. The quantitative estimate of drug-likeness (QED) is 0.793. The van der Waals surface area contributed by atoms with E-state index < -0.39 is 11.9 Å². The second kappa shape index (κ2) is 5.45. The first-order valence-corrected chi connectivity index (χ1v) is 6.77. The normalized spacial score (nSPS) is 15.2. The SMILES string of the molecule is CCc1cccc(CC)c1N1C(=O)CN(C(C)=O)C1=O. The largest absolute Gasteiger partial charge is 0.338 e. The minimum absolute atomic E-state index is 0.171. The van der Waals surface area contributed by atoms with Crippen LogP contribution in [0.25, 0.3) is 0 Å². The lowest BCUT2D eigenvalue weighted by atomic mass is 10.0. The van der Waals surface area contributed by atoms with Crippen molar-refractivity contribution in [1.29, 1.82) is 0 Å². The fourth-order valence-corrected chi connectivity index (χ4v) is 2.47. The number of anilines is 1. The number of hydrogen-bond acceptors (Lipinski definition) is 3. The van der Waals surface area contributed by atoms with Crippen LogP contribution in [0.2, 0.25) is 0 Å². The minimum atomic E-state index is -0.543. The Bertz CT molecular complexity index is 558. The van der Waals surface area contributed by atoms with E-state index in [9.17, 15) is 14.4 Å².